The third kappa shape index (κ3) is 3.80. The Morgan fingerprint density at radius 1 is 1.08 bits per heavy atom. The second-order valence-electron chi connectivity index (χ2n) is 6.96. The molecule has 134 valence electrons. The highest BCUT2D eigenvalue weighted by Gasteiger charge is 2.22. The number of piperazine rings is 1. The lowest BCUT2D eigenvalue weighted by Gasteiger charge is -2.34. The molecule has 1 aliphatic heterocycles. The molecule has 0 bridgehead atoms. The van der Waals surface area contributed by atoms with Crippen LogP contribution in [0.15, 0.2) is 55.0 Å². The van der Waals surface area contributed by atoms with E-state index in [9.17, 15) is 0 Å². The zero-order valence-electron chi connectivity index (χ0n) is 15.1. The Hall–Kier alpha value is -2.60. The van der Waals surface area contributed by atoms with E-state index in [0.29, 0.717) is 5.92 Å². The van der Waals surface area contributed by atoms with Crippen molar-refractivity contribution in [2.75, 3.05) is 31.1 Å². The van der Waals surface area contributed by atoms with E-state index in [-0.39, 0.29) is 5.92 Å². The fraction of sp³-hybridized carbons (Fsp3) is 0.400. The van der Waals surface area contributed by atoms with Gasteiger partial charge < -0.3 is 4.90 Å². The van der Waals surface area contributed by atoms with E-state index < -0.39 is 0 Å². The highest BCUT2D eigenvalue weighted by atomic mass is 15.4. The number of rotatable bonds is 4. The van der Waals surface area contributed by atoms with Crippen molar-refractivity contribution in [3.05, 3.63) is 66.3 Å². The molecule has 0 radical (unpaired) electrons. The largest absolute Gasteiger partial charge is 0.337 e. The maximum absolute atomic E-state index is 4.82. The highest BCUT2D eigenvalue weighted by Crippen LogP contribution is 2.28. The predicted octanol–water partition coefficient (Wildman–Crippen LogP) is 2.43. The predicted molar refractivity (Wildman–Crippen MR) is 102 cm³/mol. The monoisotopic (exact) mass is 348 g/mol. The smallest absolute Gasteiger partial charge is 0.245 e. The van der Waals surface area contributed by atoms with Crippen LogP contribution in [0.3, 0.4) is 0 Å². The zero-order chi connectivity index (χ0) is 17.8. The van der Waals surface area contributed by atoms with Crippen LogP contribution >= 0.6 is 0 Å². The van der Waals surface area contributed by atoms with Crippen molar-refractivity contribution in [2.24, 2.45) is 5.92 Å². The Morgan fingerprint density at radius 2 is 1.92 bits per heavy atom. The summed E-state index contributed by atoms with van der Waals surface area (Å²) in [5.74, 6) is 1.46. The van der Waals surface area contributed by atoms with E-state index in [2.05, 4.69) is 62.3 Å². The number of allylic oxidation sites excluding steroid dienone is 4. The van der Waals surface area contributed by atoms with Gasteiger partial charge in [0.05, 0.1) is 11.9 Å². The van der Waals surface area contributed by atoms with Gasteiger partial charge in [0.15, 0.2) is 0 Å². The summed E-state index contributed by atoms with van der Waals surface area (Å²) < 4.78 is 0. The van der Waals surface area contributed by atoms with Crippen molar-refractivity contribution < 1.29 is 0 Å². The van der Waals surface area contributed by atoms with Gasteiger partial charge in [-0.2, -0.15) is 5.10 Å². The molecule has 0 amide bonds. The lowest BCUT2D eigenvalue weighted by Crippen LogP contribution is -2.46. The average Bonchev–Trinajstić information content (AvgIpc) is 2.70. The fourth-order valence-electron chi connectivity index (χ4n) is 3.54. The zero-order valence-corrected chi connectivity index (χ0v) is 15.1. The first-order valence-corrected chi connectivity index (χ1v) is 9.20. The standard InChI is InChI=1S/C20H24N6/c1-16-5-2-3-7-18(16)19-14-22-24-20(23-19)26-11-9-25(10-12-26)15-17-6-4-8-21-13-17/h2-8,13-14,16,18H,9-12,15H2,1H3. The SMILES string of the molecule is CC1C=CC=CC1c1cnnc(N2CCN(Cc3cccnc3)CC2)n1. The Morgan fingerprint density at radius 3 is 2.69 bits per heavy atom. The molecular formula is C20H24N6. The van der Waals surface area contributed by atoms with Gasteiger partial charge in [0, 0.05) is 51.0 Å². The van der Waals surface area contributed by atoms with Crippen molar-refractivity contribution >= 4 is 5.95 Å². The van der Waals surface area contributed by atoms with Gasteiger partial charge in [-0.25, -0.2) is 4.98 Å². The minimum Gasteiger partial charge on any atom is -0.337 e. The normalized spacial score (nSPS) is 23.3. The second kappa shape index (κ2) is 7.74. The summed E-state index contributed by atoms with van der Waals surface area (Å²) in [6.07, 6.45) is 14.1. The van der Waals surface area contributed by atoms with Gasteiger partial charge in [-0.05, 0) is 17.5 Å². The summed E-state index contributed by atoms with van der Waals surface area (Å²) in [6.45, 7) is 6.97. The van der Waals surface area contributed by atoms with Crippen molar-refractivity contribution in [1.82, 2.24) is 25.1 Å². The van der Waals surface area contributed by atoms with Crippen LogP contribution in [0.25, 0.3) is 0 Å². The quantitative estimate of drug-likeness (QED) is 0.846. The molecule has 0 N–H and O–H groups in total. The first-order chi connectivity index (χ1) is 12.8. The molecule has 2 aliphatic rings. The van der Waals surface area contributed by atoms with Crippen LogP contribution in [0, 0.1) is 5.92 Å². The highest BCUT2D eigenvalue weighted by molar-refractivity contribution is 5.32. The average molecular weight is 348 g/mol. The van der Waals surface area contributed by atoms with Gasteiger partial charge in [0.1, 0.15) is 0 Å². The van der Waals surface area contributed by atoms with Crippen LogP contribution in [-0.4, -0.2) is 51.2 Å². The van der Waals surface area contributed by atoms with E-state index in [1.165, 1.54) is 5.56 Å². The third-order valence-electron chi connectivity index (χ3n) is 5.10. The van der Waals surface area contributed by atoms with Gasteiger partial charge in [-0.1, -0.05) is 37.3 Å². The number of hydrogen-bond acceptors (Lipinski definition) is 6. The summed E-state index contributed by atoms with van der Waals surface area (Å²) in [6, 6.07) is 4.12. The summed E-state index contributed by atoms with van der Waals surface area (Å²) in [7, 11) is 0. The molecular weight excluding hydrogens is 324 g/mol. The van der Waals surface area contributed by atoms with E-state index in [1.807, 2.05) is 18.5 Å². The van der Waals surface area contributed by atoms with Crippen molar-refractivity contribution in [1.29, 1.82) is 0 Å². The molecule has 0 aromatic carbocycles. The first kappa shape index (κ1) is 16.8. The Kier molecular flexibility index (Phi) is 5.02. The van der Waals surface area contributed by atoms with Gasteiger partial charge in [-0.15, -0.1) is 5.10 Å². The molecule has 4 rings (SSSR count). The molecule has 1 aliphatic carbocycles. The fourth-order valence-corrected chi connectivity index (χ4v) is 3.54. The topological polar surface area (TPSA) is 58.0 Å². The molecule has 2 aromatic rings. The minimum atomic E-state index is 0.279. The number of nitrogens with zero attached hydrogens (tertiary/aromatic N) is 6. The van der Waals surface area contributed by atoms with Crippen LogP contribution < -0.4 is 4.90 Å². The van der Waals surface area contributed by atoms with Gasteiger partial charge >= 0.3 is 0 Å². The van der Waals surface area contributed by atoms with Gasteiger partial charge in [0.25, 0.3) is 0 Å². The number of pyridine rings is 1. The lowest BCUT2D eigenvalue weighted by molar-refractivity contribution is 0.248. The van der Waals surface area contributed by atoms with E-state index >= 15 is 0 Å². The Labute approximate surface area is 154 Å². The molecule has 26 heavy (non-hydrogen) atoms. The number of hydrogen-bond donors (Lipinski definition) is 0. The van der Waals surface area contributed by atoms with Crippen molar-refractivity contribution in [2.45, 2.75) is 19.4 Å². The summed E-state index contributed by atoms with van der Waals surface area (Å²) in [4.78, 5) is 13.7. The van der Waals surface area contributed by atoms with E-state index in [4.69, 9.17) is 4.98 Å². The van der Waals surface area contributed by atoms with Crippen molar-refractivity contribution in [3.63, 3.8) is 0 Å². The molecule has 6 heteroatoms. The third-order valence-corrected chi connectivity index (χ3v) is 5.10. The van der Waals surface area contributed by atoms with Crippen LogP contribution in [0.5, 0.6) is 0 Å². The maximum Gasteiger partial charge on any atom is 0.245 e. The summed E-state index contributed by atoms with van der Waals surface area (Å²) in [5.41, 5.74) is 2.26. The van der Waals surface area contributed by atoms with Crippen LogP contribution in [-0.2, 0) is 6.54 Å². The maximum atomic E-state index is 4.82. The number of aromatic nitrogens is 4. The van der Waals surface area contributed by atoms with Crippen LogP contribution in [0.4, 0.5) is 5.95 Å². The van der Waals surface area contributed by atoms with E-state index in [1.54, 1.807) is 6.20 Å². The molecule has 3 heterocycles. The van der Waals surface area contributed by atoms with Crippen LogP contribution in [0.2, 0.25) is 0 Å². The summed E-state index contributed by atoms with van der Waals surface area (Å²) >= 11 is 0. The second-order valence-corrected chi connectivity index (χ2v) is 6.96. The summed E-state index contributed by atoms with van der Waals surface area (Å²) in [5, 5.41) is 8.51. The number of anilines is 1. The first-order valence-electron chi connectivity index (χ1n) is 9.20. The minimum absolute atomic E-state index is 0.279. The van der Waals surface area contributed by atoms with Gasteiger partial charge in [0.2, 0.25) is 5.95 Å². The van der Waals surface area contributed by atoms with Gasteiger partial charge in [-0.3, -0.25) is 9.88 Å². The van der Waals surface area contributed by atoms with Crippen LogP contribution in [0.1, 0.15) is 24.1 Å². The Balaban J connectivity index is 1.39. The Bertz CT molecular complexity index is 780. The molecule has 0 spiro atoms. The molecule has 2 atom stereocenters. The molecule has 2 unspecified atom stereocenters. The molecule has 2 aromatic heterocycles. The molecule has 1 saturated heterocycles. The lowest BCUT2D eigenvalue weighted by atomic mass is 9.88. The van der Waals surface area contributed by atoms with Crippen molar-refractivity contribution in [3.8, 4) is 0 Å². The molecule has 6 nitrogen and oxygen atoms in total. The van der Waals surface area contributed by atoms with E-state index in [0.717, 1.165) is 44.4 Å². The molecule has 0 saturated carbocycles. The molecule has 1 fully saturated rings.